The average Bonchev–Trinajstić information content (AvgIpc) is 2.52. The Bertz CT molecular complexity index is 483. The highest BCUT2D eigenvalue weighted by molar-refractivity contribution is 5.50. The molecule has 124 valence electrons. The standard InChI is InChI=1S/C14H21F3N4O/c1-20(7-5-14(15,16)17)12-8-13(19-10-18-12)21-6-3-2-4-11(21)9-22/h8,10-11,22H,2-7,9H2,1H3. The van der Waals surface area contributed by atoms with Crippen LogP contribution in [0.1, 0.15) is 25.7 Å². The quantitative estimate of drug-likeness (QED) is 0.902. The van der Waals surface area contributed by atoms with Crippen LogP contribution in [0.15, 0.2) is 12.4 Å². The maximum atomic E-state index is 12.3. The van der Waals surface area contributed by atoms with Crippen LogP contribution >= 0.6 is 0 Å². The lowest BCUT2D eigenvalue weighted by molar-refractivity contribution is -0.132. The van der Waals surface area contributed by atoms with Crippen molar-refractivity contribution in [2.75, 3.05) is 36.5 Å². The number of nitrogens with zero attached hydrogens (tertiary/aromatic N) is 4. The summed E-state index contributed by atoms with van der Waals surface area (Å²) in [6.07, 6.45) is -0.743. The molecule has 0 aromatic carbocycles. The van der Waals surface area contributed by atoms with Crippen molar-refractivity contribution in [3.63, 3.8) is 0 Å². The van der Waals surface area contributed by atoms with Gasteiger partial charge in [-0.15, -0.1) is 0 Å². The minimum Gasteiger partial charge on any atom is -0.394 e. The predicted octanol–water partition coefficient (Wildman–Crippen LogP) is 2.22. The molecule has 1 saturated heterocycles. The molecule has 1 aliphatic heterocycles. The van der Waals surface area contributed by atoms with E-state index in [2.05, 4.69) is 9.97 Å². The van der Waals surface area contributed by atoms with Gasteiger partial charge >= 0.3 is 6.18 Å². The van der Waals surface area contributed by atoms with Gasteiger partial charge in [0.25, 0.3) is 0 Å². The first-order valence-electron chi connectivity index (χ1n) is 7.38. The van der Waals surface area contributed by atoms with E-state index in [1.54, 1.807) is 13.1 Å². The molecule has 1 fully saturated rings. The SMILES string of the molecule is CN(CCC(F)(F)F)c1cc(N2CCCCC2CO)ncn1. The minimum absolute atomic E-state index is 0.0111. The van der Waals surface area contributed by atoms with Gasteiger partial charge in [-0.2, -0.15) is 13.2 Å². The van der Waals surface area contributed by atoms with E-state index in [0.29, 0.717) is 11.6 Å². The zero-order chi connectivity index (χ0) is 16.2. The van der Waals surface area contributed by atoms with Crippen LogP contribution in [-0.4, -0.2) is 54.0 Å². The van der Waals surface area contributed by atoms with Gasteiger partial charge in [0.2, 0.25) is 0 Å². The summed E-state index contributed by atoms with van der Waals surface area (Å²) in [6, 6.07) is 1.70. The molecule has 0 radical (unpaired) electrons. The molecular weight excluding hydrogens is 297 g/mol. The molecule has 8 heteroatoms. The van der Waals surface area contributed by atoms with Crippen molar-refractivity contribution in [3.05, 3.63) is 12.4 Å². The van der Waals surface area contributed by atoms with E-state index in [1.807, 2.05) is 4.90 Å². The van der Waals surface area contributed by atoms with Crippen LogP contribution in [0.2, 0.25) is 0 Å². The highest BCUT2D eigenvalue weighted by Crippen LogP contribution is 2.26. The highest BCUT2D eigenvalue weighted by atomic mass is 19.4. The third-order valence-corrected chi connectivity index (χ3v) is 3.89. The molecule has 1 atom stereocenters. The Morgan fingerprint density at radius 1 is 1.36 bits per heavy atom. The number of anilines is 2. The number of rotatable bonds is 5. The number of aliphatic hydroxyl groups excluding tert-OH is 1. The van der Waals surface area contributed by atoms with Crippen LogP contribution in [0.4, 0.5) is 24.8 Å². The Balaban J connectivity index is 2.08. The normalized spacial score (nSPS) is 19.3. The third kappa shape index (κ3) is 4.46. The Kier molecular flexibility index (Phi) is 5.44. The van der Waals surface area contributed by atoms with Crippen LogP contribution < -0.4 is 9.80 Å². The number of alkyl halides is 3. The van der Waals surface area contributed by atoms with Crippen molar-refractivity contribution in [2.45, 2.75) is 37.9 Å². The monoisotopic (exact) mass is 318 g/mol. The fraction of sp³-hybridized carbons (Fsp3) is 0.714. The smallest absolute Gasteiger partial charge is 0.390 e. The van der Waals surface area contributed by atoms with Gasteiger partial charge in [0.1, 0.15) is 18.0 Å². The average molecular weight is 318 g/mol. The molecule has 2 rings (SSSR count). The zero-order valence-electron chi connectivity index (χ0n) is 12.6. The summed E-state index contributed by atoms with van der Waals surface area (Å²) in [7, 11) is 1.58. The Morgan fingerprint density at radius 2 is 2.14 bits per heavy atom. The first-order chi connectivity index (χ1) is 10.4. The largest absolute Gasteiger partial charge is 0.394 e. The molecule has 0 saturated carbocycles. The summed E-state index contributed by atoms with van der Waals surface area (Å²) in [6.45, 7) is 0.681. The van der Waals surface area contributed by atoms with Gasteiger partial charge in [-0.1, -0.05) is 0 Å². The second-order valence-electron chi connectivity index (χ2n) is 5.55. The Hall–Kier alpha value is -1.57. The van der Waals surface area contributed by atoms with Crippen molar-refractivity contribution in [1.29, 1.82) is 0 Å². The maximum Gasteiger partial charge on any atom is 0.390 e. The first kappa shape index (κ1) is 16.8. The van der Waals surface area contributed by atoms with Crippen LogP contribution in [0.25, 0.3) is 0 Å². The second-order valence-corrected chi connectivity index (χ2v) is 5.55. The first-order valence-corrected chi connectivity index (χ1v) is 7.38. The van der Waals surface area contributed by atoms with Crippen LogP contribution in [0, 0.1) is 0 Å². The molecule has 1 N–H and O–H groups in total. The Morgan fingerprint density at radius 3 is 2.82 bits per heavy atom. The maximum absolute atomic E-state index is 12.3. The van der Waals surface area contributed by atoms with Crippen molar-refractivity contribution < 1.29 is 18.3 Å². The molecule has 2 heterocycles. The van der Waals surface area contributed by atoms with E-state index < -0.39 is 12.6 Å². The molecule has 1 aromatic heterocycles. The van der Waals surface area contributed by atoms with Crippen LogP contribution in [0.3, 0.4) is 0 Å². The van der Waals surface area contributed by atoms with Crippen LogP contribution in [0.5, 0.6) is 0 Å². The van der Waals surface area contributed by atoms with Gasteiger partial charge in [0.15, 0.2) is 0 Å². The summed E-state index contributed by atoms with van der Waals surface area (Å²) >= 11 is 0. The summed E-state index contributed by atoms with van der Waals surface area (Å²) < 4.78 is 36.9. The van der Waals surface area contributed by atoms with E-state index in [4.69, 9.17) is 0 Å². The number of aromatic nitrogens is 2. The van der Waals surface area contributed by atoms with Gasteiger partial charge in [-0.25, -0.2) is 9.97 Å². The van der Waals surface area contributed by atoms with Gasteiger partial charge in [0.05, 0.1) is 19.1 Å². The van der Waals surface area contributed by atoms with E-state index >= 15 is 0 Å². The van der Waals surface area contributed by atoms with Crippen molar-refractivity contribution in [1.82, 2.24) is 9.97 Å². The molecule has 1 aromatic rings. The number of piperidine rings is 1. The summed E-state index contributed by atoms with van der Waals surface area (Å²) in [5.74, 6) is 1.11. The molecule has 5 nitrogen and oxygen atoms in total. The summed E-state index contributed by atoms with van der Waals surface area (Å²) in [4.78, 5) is 11.7. The van der Waals surface area contributed by atoms with E-state index in [-0.39, 0.29) is 19.2 Å². The summed E-state index contributed by atoms with van der Waals surface area (Å²) in [5.41, 5.74) is 0. The number of hydrogen-bond acceptors (Lipinski definition) is 5. The summed E-state index contributed by atoms with van der Waals surface area (Å²) in [5, 5.41) is 9.45. The number of hydrogen-bond donors (Lipinski definition) is 1. The molecule has 0 aliphatic carbocycles. The number of aliphatic hydroxyl groups is 1. The Labute approximate surface area is 127 Å². The van der Waals surface area contributed by atoms with Gasteiger partial charge in [-0.3, -0.25) is 0 Å². The molecule has 0 spiro atoms. The minimum atomic E-state index is -4.18. The van der Waals surface area contributed by atoms with Gasteiger partial charge in [-0.05, 0) is 19.3 Å². The molecule has 22 heavy (non-hydrogen) atoms. The second kappa shape index (κ2) is 7.13. The van der Waals surface area contributed by atoms with Gasteiger partial charge in [0, 0.05) is 26.2 Å². The van der Waals surface area contributed by atoms with E-state index in [9.17, 15) is 18.3 Å². The number of halogens is 3. The lowest BCUT2D eigenvalue weighted by atomic mass is 10.0. The fourth-order valence-electron chi connectivity index (χ4n) is 2.60. The van der Waals surface area contributed by atoms with Crippen LogP contribution in [-0.2, 0) is 0 Å². The lowest BCUT2D eigenvalue weighted by Crippen LogP contribution is -2.42. The zero-order valence-corrected chi connectivity index (χ0v) is 12.6. The van der Waals surface area contributed by atoms with Crippen molar-refractivity contribution >= 4 is 11.6 Å². The predicted molar refractivity (Wildman–Crippen MR) is 78.0 cm³/mol. The molecule has 1 unspecified atom stereocenters. The van der Waals surface area contributed by atoms with Gasteiger partial charge < -0.3 is 14.9 Å². The third-order valence-electron chi connectivity index (χ3n) is 3.89. The van der Waals surface area contributed by atoms with E-state index in [1.165, 1.54) is 11.2 Å². The molecular formula is C14H21F3N4O. The topological polar surface area (TPSA) is 52.5 Å². The van der Waals surface area contributed by atoms with E-state index in [0.717, 1.165) is 25.8 Å². The fourth-order valence-corrected chi connectivity index (χ4v) is 2.60. The van der Waals surface area contributed by atoms with Crippen molar-refractivity contribution in [2.24, 2.45) is 0 Å². The lowest BCUT2D eigenvalue weighted by Gasteiger charge is -2.35. The highest BCUT2D eigenvalue weighted by Gasteiger charge is 2.28. The molecule has 1 aliphatic rings. The molecule has 0 bridgehead atoms. The van der Waals surface area contributed by atoms with Crippen molar-refractivity contribution in [3.8, 4) is 0 Å². The molecule has 0 amide bonds.